The van der Waals surface area contributed by atoms with Gasteiger partial charge in [-0.15, -0.1) is 0 Å². The Bertz CT molecular complexity index is 615. The second kappa shape index (κ2) is 8.11. The molecule has 0 aliphatic rings. The summed E-state index contributed by atoms with van der Waals surface area (Å²) in [5, 5.41) is 13.7. The van der Waals surface area contributed by atoms with Gasteiger partial charge in [-0.2, -0.15) is 0 Å². The van der Waals surface area contributed by atoms with Gasteiger partial charge in [0.15, 0.2) is 12.8 Å². The van der Waals surface area contributed by atoms with Crippen LogP contribution in [0.3, 0.4) is 0 Å². The van der Waals surface area contributed by atoms with Crippen LogP contribution in [0.1, 0.15) is 0 Å². The summed E-state index contributed by atoms with van der Waals surface area (Å²) in [4.78, 5) is 8.46. The summed E-state index contributed by atoms with van der Waals surface area (Å²) in [5.41, 5.74) is 1.53. The highest BCUT2D eigenvalue weighted by atomic mass is 16.5. The van der Waals surface area contributed by atoms with Gasteiger partial charge < -0.3 is 9.47 Å². The molecule has 0 spiro atoms. The highest BCUT2D eigenvalue weighted by molar-refractivity contribution is 6.17. The third-order valence-electron chi connectivity index (χ3n) is 2.58. The van der Waals surface area contributed by atoms with Gasteiger partial charge in [0, 0.05) is 12.4 Å². The van der Waals surface area contributed by atoms with Crippen molar-refractivity contribution in [2.75, 3.05) is 0 Å². The Morgan fingerprint density at radius 3 is 1.32 bits per heavy atom. The second-order valence-corrected chi connectivity index (χ2v) is 4.02. The molecular formula is C16H14N4O2. The molecule has 0 amide bonds. The summed E-state index contributed by atoms with van der Waals surface area (Å²) in [7, 11) is 0. The predicted octanol–water partition coefficient (Wildman–Crippen LogP) is 3.76. The fourth-order valence-corrected chi connectivity index (χ4v) is 1.60. The molecule has 0 fully saturated rings. The van der Waals surface area contributed by atoms with Gasteiger partial charge >= 0.3 is 0 Å². The molecule has 0 saturated heterocycles. The first-order valence-electron chi connectivity index (χ1n) is 6.40. The number of aliphatic imine (C=N–C) groups is 2. The lowest BCUT2D eigenvalue weighted by atomic mass is 10.3. The van der Waals surface area contributed by atoms with E-state index in [1.165, 1.54) is 0 Å². The molecule has 110 valence electrons. The van der Waals surface area contributed by atoms with Crippen LogP contribution in [0, 0.1) is 10.8 Å². The second-order valence-electron chi connectivity index (χ2n) is 4.02. The van der Waals surface area contributed by atoms with E-state index < -0.39 is 0 Å². The van der Waals surface area contributed by atoms with Gasteiger partial charge in [-0.05, 0) is 48.5 Å². The molecule has 0 aliphatic carbocycles. The van der Waals surface area contributed by atoms with E-state index in [1.54, 1.807) is 61.0 Å². The van der Waals surface area contributed by atoms with Gasteiger partial charge in [0.25, 0.3) is 0 Å². The monoisotopic (exact) mass is 294 g/mol. The Morgan fingerprint density at radius 1 is 0.636 bits per heavy atom. The van der Waals surface area contributed by atoms with Gasteiger partial charge in [-0.25, -0.2) is 0 Å². The molecule has 0 bridgehead atoms. The lowest BCUT2D eigenvalue weighted by molar-refractivity contribution is 0.569. The summed E-state index contributed by atoms with van der Waals surface area (Å²) in [5.74, 6) is 1.18. The molecule has 0 aromatic heterocycles. The molecule has 22 heavy (non-hydrogen) atoms. The Balaban J connectivity index is 1.93. The molecule has 2 aromatic rings. The first-order chi connectivity index (χ1) is 10.8. The molecule has 6 heteroatoms. The van der Waals surface area contributed by atoms with Crippen molar-refractivity contribution >= 4 is 36.6 Å². The average Bonchev–Trinajstić information content (AvgIpc) is 2.55. The van der Waals surface area contributed by atoms with Gasteiger partial charge in [-0.3, -0.25) is 20.8 Å². The minimum Gasteiger partial charge on any atom is -0.446 e. The number of nitrogens with one attached hydrogen (secondary N) is 2. The van der Waals surface area contributed by atoms with Crippen LogP contribution >= 0.6 is 0 Å². The van der Waals surface area contributed by atoms with Crippen molar-refractivity contribution in [3.8, 4) is 11.5 Å². The summed E-state index contributed by atoms with van der Waals surface area (Å²) in [6, 6.07) is 14.1. The quantitative estimate of drug-likeness (QED) is 0.601. The average molecular weight is 294 g/mol. The molecule has 0 atom stereocenters. The highest BCUT2D eigenvalue weighted by Gasteiger charge is 1.92. The molecular weight excluding hydrogens is 280 g/mol. The molecule has 0 aliphatic heterocycles. The van der Waals surface area contributed by atoms with Crippen molar-refractivity contribution in [1.82, 2.24) is 0 Å². The maximum absolute atomic E-state index is 6.83. The van der Waals surface area contributed by atoms with Crippen molar-refractivity contribution in [3.05, 3.63) is 48.5 Å². The van der Waals surface area contributed by atoms with E-state index >= 15 is 0 Å². The van der Waals surface area contributed by atoms with E-state index in [2.05, 4.69) is 9.98 Å². The van der Waals surface area contributed by atoms with Crippen LogP contribution in [0.25, 0.3) is 0 Å². The van der Waals surface area contributed by atoms with E-state index in [9.17, 15) is 0 Å². The van der Waals surface area contributed by atoms with Gasteiger partial charge in [0.1, 0.15) is 11.5 Å². The number of rotatable bonds is 7. The molecule has 2 aromatic carbocycles. The van der Waals surface area contributed by atoms with Crippen LogP contribution in [-0.2, 0) is 0 Å². The summed E-state index contributed by atoms with van der Waals surface area (Å²) < 4.78 is 9.82. The third-order valence-corrected chi connectivity index (χ3v) is 2.58. The number of hydrogen-bond acceptors (Lipinski definition) is 6. The van der Waals surface area contributed by atoms with Crippen LogP contribution in [-0.4, -0.2) is 25.2 Å². The zero-order valence-electron chi connectivity index (χ0n) is 11.6. The van der Waals surface area contributed by atoms with Crippen LogP contribution in [0.4, 0.5) is 11.4 Å². The Morgan fingerprint density at radius 2 is 1.00 bits per heavy atom. The lowest BCUT2D eigenvalue weighted by Crippen LogP contribution is -1.86. The number of ether oxygens (including phenoxy) is 2. The van der Waals surface area contributed by atoms with Gasteiger partial charge in [0.2, 0.25) is 0 Å². The fraction of sp³-hybridized carbons (Fsp3) is 0. The minimum absolute atomic E-state index is 0.592. The number of nitrogens with zero attached hydrogens (tertiary/aromatic N) is 2. The van der Waals surface area contributed by atoms with E-state index in [0.29, 0.717) is 11.5 Å². The molecule has 2 N–H and O–H groups in total. The maximum atomic E-state index is 6.83. The van der Waals surface area contributed by atoms with Crippen LogP contribution < -0.4 is 9.47 Å². The van der Waals surface area contributed by atoms with E-state index in [0.717, 1.165) is 24.2 Å². The maximum Gasteiger partial charge on any atom is 0.173 e. The van der Waals surface area contributed by atoms with Crippen molar-refractivity contribution < 1.29 is 9.47 Å². The predicted molar refractivity (Wildman–Crippen MR) is 88.0 cm³/mol. The lowest BCUT2D eigenvalue weighted by Gasteiger charge is -1.98. The van der Waals surface area contributed by atoms with E-state index in [-0.39, 0.29) is 0 Å². The SMILES string of the molecule is N=COc1ccc(N=CC=Nc2ccc(OC=N)cc2)cc1. The standard InChI is InChI=1S/C16H14N4O2/c17-11-21-15-5-1-13(2-6-15)19-9-10-20-14-3-7-16(8-4-14)22-12-18/h1-12,17-18H. The zero-order chi connectivity index (χ0) is 15.6. The van der Waals surface area contributed by atoms with Crippen molar-refractivity contribution in [2.24, 2.45) is 9.98 Å². The van der Waals surface area contributed by atoms with Crippen molar-refractivity contribution in [3.63, 3.8) is 0 Å². The van der Waals surface area contributed by atoms with Gasteiger partial charge in [-0.1, -0.05) is 0 Å². The number of benzene rings is 2. The van der Waals surface area contributed by atoms with E-state index in [4.69, 9.17) is 20.3 Å². The summed E-state index contributed by atoms with van der Waals surface area (Å²) in [6.07, 6.45) is 4.94. The summed E-state index contributed by atoms with van der Waals surface area (Å²) >= 11 is 0. The molecule has 2 rings (SSSR count). The van der Waals surface area contributed by atoms with Crippen LogP contribution in [0.15, 0.2) is 58.5 Å². The summed E-state index contributed by atoms with van der Waals surface area (Å²) in [6.45, 7) is 0. The third kappa shape index (κ3) is 4.68. The first-order valence-corrected chi connectivity index (χ1v) is 6.40. The topological polar surface area (TPSA) is 90.9 Å². The Hall–Kier alpha value is -3.28. The zero-order valence-corrected chi connectivity index (χ0v) is 11.6. The normalized spacial score (nSPS) is 10.7. The molecule has 0 saturated carbocycles. The fourth-order valence-electron chi connectivity index (χ4n) is 1.60. The first kappa shape index (κ1) is 15.1. The van der Waals surface area contributed by atoms with E-state index in [1.807, 2.05) is 0 Å². The largest absolute Gasteiger partial charge is 0.446 e. The molecule has 6 nitrogen and oxygen atoms in total. The Labute approximate surface area is 127 Å². The van der Waals surface area contributed by atoms with Crippen LogP contribution in [0.2, 0.25) is 0 Å². The highest BCUT2D eigenvalue weighted by Crippen LogP contribution is 2.18. The molecule has 0 unspecified atom stereocenters. The minimum atomic E-state index is 0.592. The molecule has 0 heterocycles. The smallest absolute Gasteiger partial charge is 0.173 e. The molecule has 0 radical (unpaired) electrons. The van der Waals surface area contributed by atoms with Crippen LogP contribution in [0.5, 0.6) is 11.5 Å². The number of hydrogen-bond donors (Lipinski definition) is 2. The Kier molecular flexibility index (Phi) is 5.57. The van der Waals surface area contributed by atoms with Gasteiger partial charge in [0.05, 0.1) is 11.4 Å². The van der Waals surface area contributed by atoms with Crippen molar-refractivity contribution in [2.45, 2.75) is 0 Å². The van der Waals surface area contributed by atoms with Crippen molar-refractivity contribution in [1.29, 1.82) is 10.8 Å².